The number of hydrogen-bond acceptors (Lipinski definition) is 3. The zero-order valence-electron chi connectivity index (χ0n) is 19.1. The Morgan fingerprint density at radius 2 is 1.58 bits per heavy atom. The van der Waals surface area contributed by atoms with Crippen molar-refractivity contribution in [3.05, 3.63) is 107 Å². The van der Waals surface area contributed by atoms with Crippen LogP contribution in [0.3, 0.4) is 0 Å². The highest BCUT2D eigenvalue weighted by Crippen LogP contribution is 2.34. The summed E-state index contributed by atoms with van der Waals surface area (Å²) in [6.45, 7) is 4.52. The first-order valence-electron chi connectivity index (χ1n) is 11.3. The number of benzene rings is 3. The summed E-state index contributed by atoms with van der Waals surface area (Å²) in [6, 6.07) is 24.9. The Labute approximate surface area is 195 Å². The molecular formula is C28H30N2O3. The molecule has 2 N–H and O–H groups in total. The molecule has 0 radical (unpaired) electrons. The molecule has 0 aliphatic carbocycles. The fraction of sp³-hybridized carbons (Fsp3) is 0.286. The molecule has 1 aliphatic heterocycles. The van der Waals surface area contributed by atoms with Crippen molar-refractivity contribution in [2.24, 2.45) is 0 Å². The van der Waals surface area contributed by atoms with E-state index in [-0.39, 0.29) is 24.8 Å². The van der Waals surface area contributed by atoms with Crippen molar-refractivity contribution in [3.8, 4) is 0 Å². The first-order chi connectivity index (χ1) is 15.9. The van der Waals surface area contributed by atoms with Gasteiger partial charge in [0.25, 0.3) is 5.91 Å². The van der Waals surface area contributed by atoms with Crippen LogP contribution >= 0.6 is 0 Å². The van der Waals surface area contributed by atoms with E-state index in [1.165, 1.54) is 0 Å². The molecule has 3 aromatic carbocycles. The highest BCUT2D eigenvalue weighted by atomic mass is 16.3. The SMILES string of the molecule is Cc1cc(C)cc(C(=O)N2CC[C@](NC(=O)Cc3ccccc3)(c3ccccc3)[C@H](O)C2)c1. The summed E-state index contributed by atoms with van der Waals surface area (Å²) >= 11 is 0. The van der Waals surface area contributed by atoms with Gasteiger partial charge in [-0.2, -0.15) is 0 Å². The third kappa shape index (κ3) is 4.99. The van der Waals surface area contributed by atoms with E-state index < -0.39 is 11.6 Å². The van der Waals surface area contributed by atoms with Crippen LogP contribution in [-0.2, 0) is 16.8 Å². The summed E-state index contributed by atoms with van der Waals surface area (Å²) in [7, 11) is 0. The standard InChI is InChI=1S/C28H30N2O3/c1-20-15-21(2)17-23(16-20)27(33)30-14-13-28(25(31)19-30,24-11-7-4-8-12-24)29-26(32)18-22-9-5-3-6-10-22/h3-12,15-17,25,31H,13-14,18-19H2,1-2H3,(H,29,32)/t25-,28+/m1/s1. The van der Waals surface area contributed by atoms with Crippen molar-refractivity contribution in [1.29, 1.82) is 0 Å². The van der Waals surface area contributed by atoms with Gasteiger partial charge in [-0.05, 0) is 43.5 Å². The summed E-state index contributed by atoms with van der Waals surface area (Å²) in [5, 5.41) is 14.5. The number of aliphatic hydroxyl groups excluding tert-OH is 1. The Balaban J connectivity index is 1.57. The first-order valence-corrected chi connectivity index (χ1v) is 11.3. The highest BCUT2D eigenvalue weighted by molar-refractivity contribution is 5.94. The van der Waals surface area contributed by atoms with Gasteiger partial charge in [0, 0.05) is 18.7 Å². The van der Waals surface area contributed by atoms with E-state index in [9.17, 15) is 14.7 Å². The molecule has 1 heterocycles. The average Bonchev–Trinajstić information content (AvgIpc) is 2.80. The average molecular weight is 443 g/mol. The number of carbonyl (C=O) groups is 2. The Morgan fingerprint density at radius 3 is 2.18 bits per heavy atom. The maximum Gasteiger partial charge on any atom is 0.253 e. The second-order valence-corrected chi connectivity index (χ2v) is 8.94. The van der Waals surface area contributed by atoms with Gasteiger partial charge < -0.3 is 15.3 Å². The van der Waals surface area contributed by atoms with Gasteiger partial charge in [-0.3, -0.25) is 9.59 Å². The molecule has 5 heteroatoms. The van der Waals surface area contributed by atoms with Gasteiger partial charge in [-0.25, -0.2) is 0 Å². The van der Waals surface area contributed by atoms with Crippen LogP contribution in [0.25, 0.3) is 0 Å². The molecule has 4 rings (SSSR count). The van der Waals surface area contributed by atoms with Gasteiger partial charge in [0.1, 0.15) is 0 Å². The van der Waals surface area contributed by atoms with Gasteiger partial charge in [0.15, 0.2) is 0 Å². The van der Waals surface area contributed by atoms with Crippen LogP contribution in [0.4, 0.5) is 0 Å². The van der Waals surface area contributed by atoms with Crippen LogP contribution in [0.15, 0.2) is 78.9 Å². The number of amides is 2. The number of aliphatic hydroxyl groups is 1. The van der Waals surface area contributed by atoms with Crippen molar-refractivity contribution in [2.75, 3.05) is 13.1 Å². The van der Waals surface area contributed by atoms with Gasteiger partial charge in [0.05, 0.1) is 18.1 Å². The van der Waals surface area contributed by atoms with E-state index >= 15 is 0 Å². The molecule has 0 bridgehead atoms. The molecular weight excluding hydrogens is 412 g/mol. The third-order valence-electron chi connectivity index (χ3n) is 6.35. The van der Waals surface area contributed by atoms with Crippen molar-refractivity contribution in [2.45, 2.75) is 38.3 Å². The first kappa shape index (κ1) is 22.7. The molecule has 1 aliphatic rings. The van der Waals surface area contributed by atoms with E-state index in [1.807, 2.05) is 92.7 Å². The number of aryl methyl sites for hydroxylation is 2. The molecule has 2 atom stereocenters. The summed E-state index contributed by atoms with van der Waals surface area (Å²) in [5.74, 6) is -0.253. The van der Waals surface area contributed by atoms with Crippen molar-refractivity contribution in [1.82, 2.24) is 10.2 Å². The molecule has 5 nitrogen and oxygen atoms in total. The second-order valence-electron chi connectivity index (χ2n) is 8.94. The van der Waals surface area contributed by atoms with Crippen LogP contribution in [0.5, 0.6) is 0 Å². The fourth-order valence-electron chi connectivity index (χ4n) is 4.76. The molecule has 1 saturated heterocycles. The van der Waals surface area contributed by atoms with Gasteiger partial charge >= 0.3 is 0 Å². The fourth-order valence-corrected chi connectivity index (χ4v) is 4.76. The van der Waals surface area contributed by atoms with Gasteiger partial charge in [0.2, 0.25) is 5.91 Å². The molecule has 0 unspecified atom stereocenters. The van der Waals surface area contributed by atoms with E-state index in [4.69, 9.17) is 0 Å². The number of rotatable bonds is 5. The van der Waals surface area contributed by atoms with Gasteiger partial charge in [-0.1, -0.05) is 77.9 Å². The lowest BCUT2D eigenvalue weighted by Crippen LogP contribution is -2.62. The quantitative estimate of drug-likeness (QED) is 0.632. The van der Waals surface area contributed by atoms with E-state index in [0.717, 1.165) is 22.3 Å². The molecule has 0 aromatic heterocycles. The highest BCUT2D eigenvalue weighted by Gasteiger charge is 2.45. The molecule has 0 spiro atoms. The zero-order valence-corrected chi connectivity index (χ0v) is 19.1. The molecule has 2 amide bonds. The maximum absolute atomic E-state index is 13.2. The lowest BCUT2D eigenvalue weighted by molar-refractivity contribution is -0.126. The molecule has 33 heavy (non-hydrogen) atoms. The minimum Gasteiger partial charge on any atom is -0.388 e. The number of carbonyl (C=O) groups excluding carboxylic acids is 2. The number of β-amino-alcohol motifs (C(OH)–C–C–N with tert-alkyl or cyclic N) is 1. The van der Waals surface area contributed by atoms with Crippen molar-refractivity contribution >= 4 is 11.8 Å². The van der Waals surface area contributed by atoms with Crippen LogP contribution in [0.2, 0.25) is 0 Å². The topological polar surface area (TPSA) is 69.6 Å². The van der Waals surface area contributed by atoms with Gasteiger partial charge in [-0.15, -0.1) is 0 Å². The lowest BCUT2D eigenvalue weighted by atomic mass is 9.78. The van der Waals surface area contributed by atoms with E-state index in [2.05, 4.69) is 5.32 Å². The van der Waals surface area contributed by atoms with Crippen LogP contribution in [0, 0.1) is 13.8 Å². The Bertz CT molecular complexity index is 1110. The number of piperidine rings is 1. The van der Waals surface area contributed by atoms with Crippen LogP contribution in [-0.4, -0.2) is 41.0 Å². The zero-order chi connectivity index (χ0) is 23.4. The summed E-state index contributed by atoms with van der Waals surface area (Å²) in [4.78, 5) is 27.9. The van der Waals surface area contributed by atoms with Crippen molar-refractivity contribution in [3.63, 3.8) is 0 Å². The number of likely N-dealkylation sites (tertiary alicyclic amines) is 1. The second kappa shape index (κ2) is 9.59. The monoisotopic (exact) mass is 442 g/mol. The largest absolute Gasteiger partial charge is 0.388 e. The van der Waals surface area contributed by atoms with Crippen molar-refractivity contribution < 1.29 is 14.7 Å². The third-order valence-corrected chi connectivity index (χ3v) is 6.35. The predicted octanol–water partition coefficient (Wildman–Crippen LogP) is 3.76. The summed E-state index contributed by atoms with van der Waals surface area (Å²) < 4.78 is 0. The van der Waals surface area contributed by atoms with E-state index in [1.54, 1.807) is 4.90 Å². The van der Waals surface area contributed by atoms with Crippen LogP contribution in [0.1, 0.15) is 39.0 Å². The Kier molecular flexibility index (Phi) is 6.61. The molecule has 170 valence electrons. The number of nitrogens with one attached hydrogen (secondary N) is 1. The molecule has 1 fully saturated rings. The van der Waals surface area contributed by atoms with E-state index in [0.29, 0.717) is 18.5 Å². The predicted molar refractivity (Wildman–Crippen MR) is 129 cm³/mol. The lowest BCUT2D eigenvalue weighted by Gasteiger charge is -2.46. The van der Waals surface area contributed by atoms with Crippen LogP contribution < -0.4 is 5.32 Å². The number of hydrogen-bond donors (Lipinski definition) is 2. The maximum atomic E-state index is 13.2. The molecule has 0 saturated carbocycles. The summed E-state index contributed by atoms with van der Waals surface area (Å²) in [6.07, 6.45) is -0.286. The minimum absolute atomic E-state index is 0.0990. The Hall–Kier alpha value is -3.44. The smallest absolute Gasteiger partial charge is 0.253 e. The minimum atomic E-state index is -0.952. The Morgan fingerprint density at radius 1 is 0.970 bits per heavy atom. The number of nitrogens with zero attached hydrogens (tertiary/aromatic N) is 1. The normalized spacial score (nSPS) is 20.3. The molecule has 3 aromatic rings. The summed E-state index contributed by atoms with van der Waals surface area (Å²) in [5.41, 5.74) is 3.49.